The maximum atomic E-state index is 14.9. The molecule has 0 bridgehead atoms. The predicted octanol–water partition coefficient (Wildman–Crippen LogP) is 5.91. The summed E-state index contributed by atoms with van der Waals surface area (Å²) in [7, 11) is 0. The van der Waals surface area contributed by atoms with E-state index in [9.17, 15) is 18.0 Å². The van der Waals surface area contributed by atoms with Crippen LogP contribution in [0, 0.1) is 17.5 Å². The number of carbonyl (C=O) groups is 1. The minimum Gasteiger partial charge on any atom is -0.471 e. The van der Waals surface area contributed by atoms with Crippen LogP contribution in [0.5, 0.6) is 5.88 Å². The Morgan fingerprint density at radius 1 is 1.00 bits per heavy atom. The molecule has 15 heteroatoms. The van der Waals surface area contributed by atoms with Crippen LogP contribution < -0.4 is 9.64 Å². The number of anilines is 1. The van der Waals surface area contributed by atoms with Crippen LogP contribution in [-0.2, 0) is 31.0 Å². The maximum Gasteiger partial charge on any atom is 0.348 e. The van der Waals surface area contributed by atoms with Gasteiger partial charge < -0.3 is 23.5 Å². The van der Waals surface area contributed by atoms with E-state index in [1.165, 1.54) is 23.5 Å². The molecule has 1 saturated heterocycles. The second-order valence-electron chi connectivity index (χ2n) is 10.7. The number of aryl methyl sites for hydroxylation is 1. The quantitative estimate of drug-likeness (QED) is 0.160. The zero-order chi connectivity index (χ0) is 32.4. The Hall–Kier alpha value is -4.14. The molecule has 1 aliphatic heterocycles. The van der Waals surface area contributed by atoms with Crippen LogP contribution in [0.2, 0.25) is 5.02 Å². The number of ether oxygens (including phenoxy) is 2. The molecule has 0 amide bonds. The van der Waals surface area contributed by atoms with Crippen LogP contribution in [0.25, 0.3) is 10.3 Å². The van der Waals surface area contributed by atoms with E-state index < -0.39 is 23.3 Å². The van der Waals surface area contributed by atoms with Crippen molar-refractivity contribution in [1.82, 2.24) is 29.0 Å². The zero-order valence-electron chi connectivity index (χ0n) is 25.2. The van der Waals surface area contributed by atoms with Crippen LogP contribution in [0.4, 0.5) is 19.0 Å². The largest absolute Gasteiger partial charge is 0.471 e. The summed E-state index contributed by atoms with van der Waals surface area (Å²) in [6.07, 6.45) is 3.61. The fourth-order valence-electron chi connectivity index (χ4n) is 5.35. The van der Waals surface area contributed by atoms with Crippen molar-refractivity contribution < 1.29 is 27.4 Å². The normalized spacial score (nSPS) is 13.9. The van der Waals surface area contributed by atoms with Gasteiger partial charge in [0, 0.05) is 55.6 Å². The third-order valence-electron chi connectivity index (χ3n) is 7.76. The first kappa shape index (κ1) is 31.8. The van der Waals surface area contributed by atoms with Gasteiger partial charge >= 0.3 is 5.97 Å². The molecule has 0 aliphatic carbocycles. The molecule has 0 saturated carbocycles. The number of piperazine rings is 1. The summed E-state index contributed by atoms with van der Waals surface area (Å²) in [6, 6.07) is 6.63. The molecule has 10 nitrogen and oxygen atoms in total. The lowest BCUT2D eigenvalue weighted by Crippen LogP contribution is -2.47. The zero-order valence-corrected chi connectivity index (χ0v) is 26.8. The van der Waals surface area contributed by atoms with Crippen molar-refractivity contribution in [2.45, 2.75) is 40.1 Å². The Bertz CT molecular complexity index is 1870. The topological polar surface area (TPSA) is 90.5 Å². The molecule has 242 valence electrons. The van der Waals surface area contributed by atoms with Crippen molar-refractivity contribution in [3.63, 3.8) is 0 Å². The number of nitrogens with zero attached hydrogens (tertiary/aromatic N) is 7. The van der Waals surface area contributed by atoms with Crippen molar-refractivity contribution in [3.05, 3.63) is 87.3 Å². The first-order chi connectivity index (χ1) is 22.2. The number of hydrogen-bond donors (Lipinski definition) is 0. The summed E-state index contributed by atoms with van der Waals surface area (Å²) in [4.78, 5) is 30.9. The summed E-state index contributed by atoms with van der Waals surface area (Å²) < 4.78 is 58.4. The Morgan fingerprint density at radius 3 is 2.54 bits per heavy atom. The molecular weight excluding hydrogens is 643 g/mol. The van der Waals surface area contributed by atoms with Crippen LogP contribution in [0.3, 0.4) is 0 Å². The van der Waals surface area contributed by atoms with Crippen molar-refractivity contribution in [3.8, 4) is 5.88 Å². The number of fused-ring (bicyclic) bond motifs is 1. The third-order valence-corrected chi connectivity index (χ3v) is 8.99. The van der Waals surface area contributed by atoms with E-state index in [1.807, 2.05) is 19.2 Å². The summed E-state index contributed by atoms with van der Waals surface area (Å²) >= 11 is 7.09. The van der Waals surface area contributed by atoms with Crippen molar-refractivity contribution >= 4 is 45.1 Å². The molecule has 46 heavy (non-hydrogen) atoms. The van der Waals surface area contributed by atoms with Gasteiger partial charge in [-0.25, -0.2) is 27.9 Å². The van der Waals surface area contributed by atoms with Crippen molar-refractivity contribution in [1.29, 1.82) is 0 Å². The van der Waals surface area contributed by atoms with Crippen molar-refractivity contribution in [2.24, 2.45) is 0 Å². The van der Waals surface area contributed by atoms with Gasteiger partial charge in [0.2, 0.25) is 0 Å². The summed E-state index contributed by atoms with van der Waals surface area (Å²) in [5, 5.41) is 0.227. The molecule has 1 aliphatic rings. The number of halogens is 4. The lowest BCUT2D eigenvalue weighted by atomic mass is 10.2. The third kappa shape index (κ3) is 6.69. The van der Waals surface area contributed by atoms with Gasteiger partial charge in [-0.1, -0.05) is 17.7 Å². The number of benzene rings is 1. The average Bonchev–Trinajstić information content (AvgIpc) is 3.74. The Kier molecular flexibility index (Phi) is 9.47. The summed E-state index contributed by atoms with van der Waals surface area (Å²) in [5.41, 5.74) is 2.01. The van der Waals surface area contributed by atoms with Gasteiger partial charge in [-0.15, -0.1) is 11.3 Å². The monoisotopic (exact) mass is 673 g/mol. The number of esters is 1. The molecule has 5 aromatic rings. The molecule has 5 heterocycles. The van der Waals surface area contributed by atoms with E-state index in [2.05, 4.69) is 24.0 Å². The molecule has 6 rings (SSSR count). The number of imidazole rings is 2. The highest BCUT2D eigenvalue weighted by atomic mass is 35.5. The predicted molar refractivity (Wildman–Crippen MR) is 168 cm³/mol. The highest BCUT2D eigenvalue weighted by molar-refractivity contribution is 7.20. The number of carbonyl (C=O) groups excluding carboxylic acids is 1. The molecule has 0 N–H and O–H groups in total. The minimum absolute atomic E-state index is 0.0334. The fourth-order valence-corrected chi connectivity index (χ4v) is 6.46. The molecular formula is C31H31ClF3N7O3S. The van der Waals surface area contributed by atoms with Crippen LogP contribution >= 0.6 is 22.9 Å². The first-order valence-electron chi connectivity index (χ1n) is 14.8. The molecule has 4 aromatic heterocycles. The second kappa shape index (κ2) is 13.7. The van der Waals surface area contributed by atoms with Gasteiger partial charge in [-0.3, -0.25) is 4.90 Å². The lowest BCUT2D eigenvalue weighted by Gasteiger charge is -2.35. The maximum absolute atomic E-state index is 14.9. The fraction of sp³-hybridized carbons (Fsp3) is 0.355. The summed E-state index contributed by atoms with van der Waals surface area (Å²) in [5.74, 6) is -2.38. The molecule has 1 fully saturated rings. The lowest BCUT2D eigenvalue weighted by molar-refractivity contribution is 0.0532. The highest BCUT2D eigenvalue weighted by Gasteiger charge is 2.26. The van der Waals surface area contributed by atoms with Crippen LogP contribution in [0.15, 0.2) is 42.9 Å². The molecule has 0 unspecified atom stereocenters. The Labute approximate surface area is 272 Å². The number of thiophene rings is 1. The molecule has 0 atom stereocenters. The molecule has 0 radical (unpaired) electrons. The van der Waals surface area contributed by atoms with Gasteiger partial charge in [-0.05, 0) is 32.0 Å². The van der Waals surface area contributed by atoms with E-state index in [0.29, 0.717) is 44.1 Å². The number of rotatable bonds is 11. The Morgan fingerprint density at radius 2 is 1.80 bits per heavy atom. The SMILES string of the molecule is CCOC(=O)c1cc2c(nc(CN3CCN(c4nc(OCc5ccc(Cl)cc5F)c(F)cc4F)CC3)n2Cc2cncn2CC)s1. The second-order valence-corrected chi connectivity index (χ2v) is 12.1. The Balaban J connectivity index is 1.17. The number of aromatic nitrogens is 5. The van der Waals surface area contributed by atoms with E-state index in [0.717, 1.165) is 40.5 Å². The summed E-state index contributed by atoms with van der Waals surface area (Å²) in [6.45, 7) is 7.58. The van der Waals surface area contributed by atoms with E-state index in [-0.39, 0.29) is 35.6 Å². The first-order valence-corrected chi connectivity index (χ1v) is 16.0. The van der Waals surface area contributed by atoms with E-state index in [1.54, 1.807) is 18.2 Å². The molecule has 1 aromatic carbocycles. The number of hydrogen-bond acceptors (Lipinski definition) is 9. The smallest absolute Gasteiger partial charge is 0.348 e. The van der Waals surface area contributed by atoms with Gasteiger partial charge in [0.05, 0.1) is 37.2 Å². The highest BCUT2D eigenvalue weighted by Crippen LogP contribution is 2.30. The standard InChI is InChI=1S/C31H31ClF3N7O3S/c1-3-40-18-36-14-21(40)15-42-25-13-26(31(43)44-4-2)46-30(25)37-27(42)16-39-7-9-41(10-8-39)28-23(34)12-24(35)29(38-28)45-17-19-5-6-20(32)11-22(19)33/h5-6,11-14,18H,3-4,7-10,15-17H2,1-2H3. The van der Waals surface area contributed by atoms with Gasteiger partial charge in [0.1, 0.15) is 28.0 Å². The van der Waals surface area contributed by atoms with Crippen molar-refractivity contribution in [2.75, 3.05) is 37.7 Å². The van der Waals surface area contributed by atoms with Gasteiger partial charge in [0.25, 0.3) is 5.88 Å². The molecule has 0 spiro atoms. The minimum atomic E-state index is -0.975. The van der Waals surface area contributed by atoms with Crippen LogP contribution in [0.1, 0.15) is 40.6 Å². The van der Waals surface area contributed by atoms with E-state index >= 15 is 0 Å². The number of pyridine rings is 1. The van der Waals surface area contributed by atoms with E-state index in [4.69, 9.17) is 26.1 Å². The van der Waals surface area contributed by atoms with Crippen LogP contribution in [-0.4, -0.2) is 67.7 Å². The van der Waals surface area contributed by atoms with Gasteiger partial charge in [-0.2, -0.15) is 4.98 Å². The average molecular weight is 674 g/mol. The van der Waals surface area contributed by atoms with Gasteiger partial charge in [0.15, 0.2) is 17.5 Å².